The van der Waals surface area contributed by atoms with E-state index in [4.69, 9.17) is 4.42 Å². The molecular formula is C12H16N2O2. The second-order valence-electron chi connectivity index (χ2n) is 3.16. The van der Waals surface area contributed by atoms with E-state index in [0.29, 0.717) is 5.89 Å². The molecule has 0 bridgehead atoms. The van der Waals surface area contributed by atoms with Crippen LogP contribution in [0.2, 0.25) is 0 Å². The van der Waals surface area contributed by atoms with E-state index in [-0.39, 0.29) is 0 Å². The lowest BCUT2D eigenvalue weighted by molar-refractivity contribution is 0.505. The average Bonchev–Trinajstić information content (AvgIpc) is 2.63. The highest BCUT2D eigenvalue weighted by Crippen LogP contribution is 2.15. The standard InChI is InChI=1S/C10H10N2O2.C2H6/c1-7-3-5-8(6-4-7)9-11-12(2)10(13)14-9;1-2/h3-6H,1-2H3;1-2H3. The summed E-state index contributed by atoms with van der Waals surface area (Å²) in [5, 5.41) is 3.95. The first-order chi connectivity index (χ1) is 7.66. The minimum absolute atomic E-state index is 0.359. The second kappa shape index (κ2) is 5.30. The summed E-state index contributed by atoms with van der Waals surface area (Å²) >= 11 is 0. The molecule has 1 heterocycles. The molecule has 2 rings (SSSR count). The van der Waals surface area contributed by atoms with Crippen molar-refractivity contribution in [3.63, 3.8) is 0 Å². The summed E-state index contributed by atoms with van der Waals surface area (Å²) < 4.78 is 6.11. The molecule has 0 radical (unpaired) electrons. The highest BCUT2D eigenvalue weighted by molar-refractivity contribution is 5.52. The van der Waals surface area contributed by atoms with Crippen LogP contribution in [0.25, 0.3) is 11.5 Å². The van der Waals surface area contributed by atoms with Crippen LogP contribution >= 0.6 is 0 Å². The summed E-state index contributed by atoms with van der Waals surface area (Å²) in [5.41, 5.74) is 1.97. The molecule has 0 spiro atoms. The first-order valence-corrected chi connectivity index (χ1v) is 5.28. The van der Waals surface area contributed by atoms with Crippen molar-refractivity contribution in [2.75, 3.05) is 0 Å². The lowest BCUT2D eigenvalue weighted by Gasteiger charge is -1.94. The Bertz CT molecular complexity index is 494. The lowest BCUT2D eigenvalue weighted by Crippen LogP contribution is -2.09. The van der Waals surface area contributed by atoms with Crippen LogP contribution in [0.3, 0.4) is 0 Å². The number of benzene rings is 1. The molecule has 0 saturated carbocycles. The molecule has 0 N–H and O–H groups in total. The van der Waals surface area contributed by atoms with E-state index in [2.05, 4.69) is 5.10 Å². The first kappa shape index (κ1) is 12.2. The van der Waals surface area contributed by atoms with E-state index in [1.54, 1.807) is 7.05 Å². The van der Waals surface area contributed by atoms with Gasteiger partial charge in [0, 0.05) is 12.6 Å². The quantitative estimate of drug-likeness (QED) is 0.741. The van der Waals surface area contributed by atoms with Gasteiger partial charge >= 0.3 is 5.76 Å². The molecule has 1 aromatic carbocycles. The third kappa shape index (κ3) is 2.59. The Morgan fingerprint density at radius 3 is 2.19 bits per heavy atom. The Morgan fingerprint density at radius 1 is 1.19 bits per heavy atom. The monoisotopic (exact) mass is 220 g/mol. The summed E-state index contributed by atoms with van der Waals surface area (Å²) in [6, 6.07) is 7.65. The number of rotatable bonds is 1. The normalized spacial score (nSPS) is 9.50. The Labute approximate surface area is 94.5 Å². The van der Waals surface area contributed by atoms with Gasteiger partial charge in [-0.05, 0) is 19.1 Å². The maximum Gasteiger partial charge on any atom is 0.437 e. The summed E-state index contributed by atoms with van der Waals surface area (Å²) in [4.78, 5) is 11.0. The van der Waals surface area contributed by atoms with Crippen molar-refractivity contribution in [3.05, 3.63) is 40.4 Å². The Kier molecular flexibility index (Phi) is 4.05. The van der Waals surface area contributed by atoms with Crippen molar-refractivity contribution >= 4 is 0 Å². The highest BCUT2D eigenvalue weighted by Gasteiger charge is 2.06. The van der Waals surface area contributed by atoms with Crippen LogP contribution in [0.5, 0.6) is 0 Å². The van der Waals surface area contributed by atoms with Gasteiger partial charge in [0.2, 0.25) is 5.89 Å². The number of hydrogen-bond acceptors (Lipinski definition) is 3. The van der Waals surface area contributed by atoms with Crippen molar-refractivity contribution < 1.29 is 4.42 Å². The van der Waals surface area contributed by atoms with Gasteiger partial charge in [0.05, 0.1) is 0 Å². The van der Waals surface area contributed by atoms with Crippen LogP contribution in [0.15, 0.2) is 33.5 Å². The Balaban J connectivity index is 0.000000606. The third-order valence-corrected chi connectivity index (χ3v) is 1.99. The zero-order valence-electron chi connectivity index (χ0n) is 10.0. The van der Waals surface area contributed by atoms with Gasteiger partial charge in [-0.25, -0.2) is 4.79 Å². The van der Waals surface area contributed by atoms with Crippen molar-refractivity contribution in [1.29, 1.82) is 0 Å². The fourth-order valence-corrected chi connectivity index (χ4v) is 1.16. The highest BCUT2D eigenvalue weighted by atomic mass is 16.4. The van der Waals surface area contributed by atoms with Crippen LogP contribution in [-0.2, 0) is 7.05 Å². The van der Waals surface area contributed by atoms with Gasteiger partial charge in [0.15, 0.2) is 0 Å². The van der Waals surface area contributed by atoms with E-state index in [0.717, 1.165) is 11.1 Å². The van der Waals surface area contributed by atoms with E-state index >= 15 is 0 Å². The Hall–Kier alpha value is -1.84. The van der Waals surface area contributed by atoms with Gasteiger partial charge in [-0.2, -0.15) is 4.68 Å². The van der Waals surface area contributed by atoms with Gasteiger partial charge in [-0.1, -0.05) is 31.5 Å². The first-order valence-electron chi connectivity index (χ1n) is 5.28. The van der Waals surface area contributed by atoms with Gasteiger partial charge in [0.1, 0.15) is 0 Å². The molecule has 0 unspecified atom stereocenters. The van der Waals surface area contributed by atoms with Crippen molar-refractivity contribution in [1.82, 2.24) is 9.78 Å². The molecule has 4 nitrogen and oxygen atoms in total. The zero-order chi connectivity index (χ0) is 12.1. The third-order valence-electron chi connectivity index (χ3n) is 1.99. The maximum atomic E-state index is 11.0. The van der Waals surface area contributed by atoms with Crippen molar-refractivity contribution in [2.45, 2.75) is 20.8 Å². The van der Waals surface area contributed by atoms with E-state index < -0.39 is 5.76 Å². The van der Waals surface area contributed by atoms with Gasteiger partial charge in [-0.3, -0.25) is 0 Å². The number of nitrogens with zero attached hydrogens (tertiary/aromatic N) is 2. The van der Waals surface area contributed by atoms with E-state index in [1.165, 1.54) is 4.68 Å². The van der Waals surface area contributed by atoms with E-state index in [1.807, 2.05) is 45.0 Å². The molecule has 2 aromatic rings. The molecule has 0 aliphatic carbocycles. The van der Waals surface area contributed by atoms with Crippen molar-refractivity contribution in [3.8, 4) is 11.5 Å². The van der Waals surface area contributed by atoms with Gasteiger partial charge in [-0.15, -0.1) is 5.10 Å². The fourth-order valence-electron chi connectivity index (χ4n) is 1.16. The number of aromatic nitrogens is 2. The molecule has 86 valence electrons. The summed E-state index contributed by atoms with van der Waals surface area (Å²) in [5.74, 6) is -0.0851. The minimum Gasteiger partial charge on any atom is -0.388 e. The largest absolute Gasteiger partial charge is 0.437 e. The second-order valence-corrected chi connectivity index (χ2v) is 3.16. The van der Waals surface area contributed by atoms with Crippen LogP contribution < -0.4 is 5.76 Å². The predicted molar refractivity (Wildman–Crippen MR) is 63.3 cm³/mol. The Morgan fingerprint density at radius 2 is 1.75 bits per heavy atom. The molecule has 0 fully saturated rings. The number of hydrogen-bond donors (Lipinski definition) is 0. The molecule has 1 aromatic heterocycles. The zero-order valence-corrected chi connectivity index (χ0v) is 10.0. The molecule has 0 aliphatic heterocycles. The van der Waals surface area contributed by atoms with Crippen LogP contribution in [0.1, 0.15) is 19.4 Å². The molecule has 16 heavy (non-hydrogen) atoms. The predicted octanol–water partition coefficient (Wildman–Crippen LogP) is 2.37. The molecule has 0 atom stereocenters. The fraction of sp³-hybridized carbons (Fsp3) is 0.333. The number of aryl methyl sites for hydroxylation is 2. The summed E-state index contributed by atoms with van der Waals surface area (Å²) in [6.07, 6.45) is 0. The van der Waals surface area contributed by atoms with Crippen molar-refractivity contribution in [2.24, 2.45) is 7.05 Å². The SMILES string of the molecule is CC.Cc1ccc(-c2nn(C)c(=O)o2)cc1. The minimum atomic E-state index is -0.444. The smallest absolute Gasteiger partial charge is 0.388 e. The summed E-state index contributed by atoms with van der Waals surface area (Å²) in [6.45, 7) is 6.00. The topological polar surface area (TPSA) is 48.0 Å². The molecular weight excluding hydrogens is 204 g/mol. The lowest BCUT2D eigenvalue weighted by atomic mass is 10.1. The van der Waals surface area contributed by atoms with E-state index in [9.17, 15) is 4.79 Å². The molecule has 4 heteroatoms. The molecule has 0 amide bonds. The van der Waals surface area contributed by atoms with Gasteiger partial charge < -0.3 is 4.42 Å². The summed E-state index contributed by atoms with van der Waals surface area (Å²) in [7, 11) is 1.56. The van der Waals surface area contributed by atoms with Crippen LogP contribution in [-0.4, -0.2) is 9.78 Å². The molecule has 0 saturated heterocycles. The van der Waals surface area contributed by atoms with Crippen LogP contribution in [0.4, 0.5) is 0 Å². The maximum absolute atomic E-state index is 11.0. The average molecular weight is 220 g/mol. The molecule has 0 aliphatic rings. The van der Waals surface area contributed by atoms with Gasteiger partial charge in [0.25, 0.3) is 0 Å². The van der Waals surface area contributed by atoms with Crippen LogP contribution in [0, 0.1) is 6.92 Å².